The third kappa shape index (κ3) is 5.26. The molecule has 0 bridgehead atoms. The van der Waals surface area contributed by atoms with Crippen LogP contribution in [0, 0.1) is 0 Å². The van der Waals surface area contributed by atoms with Crippen molar-refractivity contribution in [2.75, 3.05) is 0 Å². The number of carbonyl (C=O) groups is 3. The summed E-state index contributed by atoms with van der Waals surface area (Å²) in [7, 11) is 0. The molecule has 0 spiro atoms. The Kier molecular flexibility index (Phi) is 6.88. The van der Waals surface area contributed by atoms with Gasteiger partial charge in [-0.15, -0.1) is 0 Å². The Morgan fingerprint density at radius 2 is 1.21 bits per heavy atom. The van der Waals surface area contributed by atoms with Gasteiger partial charge < -0.3 is 20.4 Å². The zero-order chi connectivity index (χ0) is 10.6. The van der Waals surface area contributed by atoms with Crippen molar-refractivity contribution in [3.05, 3.63) is 0 Å². The molecular formula is C6H8O7Y. The molecule has 0 aliphatic rings. The van der Waals surface area contributed by atoms with Gasteiger partial charge in [0.25, 0.3) is 0 Å². The summed E-state index contributed by atoms with van der Waals surface area (Å²) < 4.78 is 0. The first-order chi connectivity index (χ1) is 5.78. The summed E-state index contributed by atoms with van der Waals surface area (Å²) in [6, 6.07) is 0. The molecule has 0 saturated carbocycles. The molecule has 4 N–H and O–H groups in total. The molecule has 0 aromatic rings. The average molecular weight is 281 g/mol. The zero-order valence-corrected chi connectivity index (χ0v) is 9.84. The van der Waals surface area contributed by atoms with Crippen LogP contribution in [0.2, 0.25) is 0 Å². The predicted molar refractivity (Wildman–Crippen MR) is 37.1 cm³/mol. The summed E-state index contributed by atoms with van der Waals surface area (Å²) in [5, 5.41) is 33.8. The molecule has 0 heterocycles. The quantitative estimate of drug-likeness (QED) is 0.495. The number of carboxylic acids is 3. The van der Waals surface area contributed by atoms with E-state index >= 15 is 0 Å². The topological polar surface area (TPSA) is 132 Å². The maximum atomic E-state index is 10.3. The number of hydrogen-bond acceptors (Lipinski definition) is 4. The van der Waals surface area contributed by atoms with Crippen molar-refractivity contribution < 1.29 is 67.5 Å². The van der Waals surface area contributed by atoms with Gasteiger partial charge in [-0.3, -0.25) is 9.59 Å². The molecule has 0 aromatic carbocycles. The molecule has 0 aliphatic carbocycles. The summed E-state index contributed by atoms with van der Waals surface area (Å²) in [6.45, 7) is 0. The van der Waals surface area contributed by atoms with Crippen molar-refractivity contribution in [1.29, 1.82) is 0 Å². The van der Waals surface area contributed by atoms with Crippen molar-refractivity contribution >= 4 is 17.9 Å². The van der Waals surface area contributed by atoms with Crippen molar-refractivity contribution in [1.82, 2.24) is 0 Å². The van der Waals surface area contributed by atoms with E-state index in [1.807, 2.05) is 0 Å². The zero-order valence-electron chi connectivity index (χ0n) is 7.01. The van der Waals surface area contributed by atoms with Crippen LogP contribution in [0.3, 0.4) is 0 Å². The molecule has 0 fully saturated rings. The second-order valence-corrected chi connectivity index (χ2v) is 2.48. The fraction of sp³-hybridized carbons (Fsp3) is 0.500. The van der Waals surface area contributed by atoms with Crippen LogP contribution in [-0.4, -0.2) is 43.9 Å². The number of rotatable bonds is 5. The van der Waals surface area contributed by atoms with Crippen LogP contribution in [-0.2, 0) is 47.1 Å². The van der Waals surface area contributed by atoms with Crippen molar-refractivity contribution in [2.24, 2.45) is 0 Å². The van der Waals surface area contributed by atoms with E-state index in [1.165, 1.54) is 0 Å². The molecular weight excluding hydrogens is 273 g/mol. The average Bonchev–Trinajstić information content (AvgIpc) is 1.82. The first kappa shape index (κ1) is 15.9. The Balaban J connectivity index is 0. The van der Waals surface area contributed by atoms with Gasteiger partial charge in [0.05, 0.1) is 12.8 Å². The first-order valence-electron chi connectivity index (χ1n) is 3.17. The minimum Gasteiger partial charge on any atom is -0.481 e. The Bertz CT molecular complexity index is 233. The van der Waals surface area contributed by atoms with Gasteiger partial charge >= 0.3 is 17.9 Å². The van der Waals surface area contributed by atoms with Crippen LogP contribution in [0.15, 0.2) is 0 Å². The fourth-order valence-electron chi connectivity index (χ4n) is 0.714. The van der Waals surface area contributed by atoms with Crippen LogP contribution >= 0.6 is 0 Å². The van der Waals surface area contributed by atoms with Gasteiger partial charge in [0.15, 0.2) is 5.60 Å². The van der Waals surface area contributed by atoms with Gasteiger partial charge in [-0.2, -0.15) is 0 Å². The van der Waals surface area contributed by atoms with E-state index in [9.17, 15) is 14.4 Å². The normalized spacial score (nSPS) is 10.1. The van der Waals surface area contributed by atoms with Crippen LogP contribution in [0.1, 0.15) is 12.8 Å². The number of hydrogen-bond donors (Lipinski definition) is 4. The van der Waals surface area contributed by atoms with E-state index in [0.717, 1.165) is 0 Å². The number of carboxylic acid groups (broad SMARTS) is 3. The molecule has 0 amide bonds. The van der Waals surface area contributed by atoms with E-state index in [-0.39, 0.29) is 32.7 Å². The first-order valence-corrected chi connectivity index (χ1v) is 3.17. The second-order valence-electron chi connectivity index (χ2n) is 2.48. The van der Waals surface area contributed by atoms with E-state index < -0.39 is 36.4 Å². The number of aliphatic hydroxyl groups is 1. The van der Waals surface area contributed by atoms with E-state index in [4.69, 9.17) is 20.4 Å². The predicted octanol–water partition coefficient (Wildman–Crippen LogP) is -1.25. The van der Waals surface area contributed by atoms with E-state index in [1.54, 1.807) is 0 Å². The third-order valence-corrected chi connectivity index (χ3v) is 1.29. The molecule has 1 radical (unpaired) electrons. The van der Waals surface area contributed by atoms with Crippen molar-refractivity contribution in [3.8, 4) is 0 Å². The molecule has 7 nitrogen and oxygen atoms in total. The smallest absolute Gasteiger partial charge is 0.336 e. The SMILES string of the molecule is O=C(O)CC(O)(CC(=O)O)C(=O)O.[Y]. The monoisotopic (exact) mass is 281 g/mol. The summed E-state index contributed by atoms with van der Waals surface area (Å²) in [5.74, 6) is -5.02. The molecule has 0 aromatic heterocycles. The maximum absolute atomic E-state index is 10.3. The van der Waals surface area contributed by atoms with Gasteiger partial charge in [-0.1, -0.05) is 0 Å². The van der Waals surface area contributed by atoms with Gasteiger partial charge in [0.1, 0.15) is 0 Å². The van der Waals surface area contributed by atoms with Gasteiger partial charge in [0, 0.05) is 32.7 Å². The van der Waals surface area contributed by atoms with Crippen molar-refractivity contribution in [2.45, 2.75) is 18.4 Å². The van der Waals surface area contributed by atoms with Crippen LogP contribution in [0.5, 0.6) is 0 Å². The van der Waals surface area contributed by atoms with E-state index in [0.29, 0.717) is 0 Å². The molecule has 8 heteroatoms. The minimum atomic E-state index is -2.74. The largest absolute Gasteiger partial charge is 0.481 e. The minimum absolute atomic E-state index is 0. The standard InChI is InChI=1S/C6H8O7.Y/c7-3(8)1-6(13,5(11)12)2-4(9)10;/h13H,1-2H2,(H,7,8)(H,9,10)(H,11,12);. The molecule has 0 unspecified atom stereocenters. The molecule has 14 heavy (non-hydrogen) atoms. The van der Waals surface area contributed by atoms with Crippen molar-refractivity contribution in [3.63, 3.8) is 0 Å². The Morgan fingerprint density at radius 1 is 0.929 bits per heavy atom. The van der Waals surface area contributed by atoms with Gasteiger partial charge in [-0.25, -0.2) is 4.79 Å². The van der Waals surface area contributed by atoms with Gasteiger partial charge in [-0.05, 0) is 0 Å². The van der Waals surface area contributed by atoms with Gasteiger partial charge in [0.2, 0.25) is 0 Å². The van der Waals surface area contributed by atoms with E-state index in [2.05, 4.69) is 0 Å². The molecule has 0 aliphatic heterocycles. The maximum Gasteiger partial charge on any atom is 0.336 e. The molecule has 0 atom stereocenters. The molecule has 77 valence electrons. The Morgan fingerprint density at radius 3 is 1.36 bits per heavy atom. The Hall–Kier alpha value is -0.526. The van der Waals surface area contributed by atoms with Crippen LogP contribution in [0.25, 0.3) is 0 Å². The Labute approximate surface area is 104 Å². The third-order valence-electron chi connectivity index (χ3n) is 1.29. The summed E-state index contributed by atoms with van der Waals surface area (Å²) in [5.41, 5.74) is -2.74. The molecule has 0 saturated heterocycles. The summed E-state index contributed by atoms with van der Waals surface area (Å²) in [4.78, 5) is 30.5. The van der Waals surface area contributed by atoms with Crippen LogP contribution in [0.4, 0.5) is 0 Å². The second kappa shape index (κ2) is 6.05. The number of aliphatic carboxylic acids is 3. The van der Waals surface area contributed by atoms with Crippen LogP contribution < -0.4 is 0 Å². The fourth-order valence-corrected chi connectivity index (χ4v) is 0.714. The summed E-state index contributed by atoms with van der Waals surface area (Å²) >= 11 is 0. The summed E-state index contributed by atoms with van der Waals surface area (Å²) in [6.07, 6.45) is -2.29. The molecule has 0 rings (SSSR count).